The largest absolute Gasteiger partial charge is 0.494 e. The lowest BCUT2D eigenvalue weighted by molar-refractivity contribution is -0.133. The molecule has 20 heavy (non-hydrogen) atoms. The van der Waals surface area contributed by atoms with Crippen molar-refractivity contribution < 1.29 is 19.4 Å². The molecule has 0 aliphatic rings. The van der Waals surface area contributed by atoms with Crippen molar-refractivity contribution in [2.75, 3.05) is 12.9 Å². The third kappa shape index (κ3) is 2.85. The second-order valence-electron chi connectivity index (χ2n) is 3.96. The van der Waals surface area contributed by atoms with Crippen LogP contribution in [0.2, 0.25) is 0 Å². The zero-order valence-electron chi connectivity index (χ0n) is 10.7. The van der Waals surface area contributed by atoms with E-state index in [2.05, 4.69) is 4.98 Å². The van der Waals surface area contributed by atoms with E-state index in [0.29, 0.717) is 21.9 Å². The molecule has 1 aromatic heterocycles. The number of fused-ring (bicyclic) bond motifs is 1. The highest BCUT2D eigenvalue weighted by molar-refractivity contribution is 7.99. The van der Waals surface area contributed by atoms with Crippen molar-refractivity contribution in [1.29, 1.82) is 0 Å². The minimum Gasteiger partial charge on any atom is -0.494 e. The van der Waals surface area contributed by atoms with Crippen LogP contribution in [0.4, 0.5) is 0 Å². The summed E-state index contributed by atoms with van der Waals surface area (Å²) < 4.78 is 6.80. The van der Waals surface area contributed by atoms with E-state index < -0.39 is 11.9 Å². The highest BCUT2D eigenvalue weighted by Crippen LogP contribution is 2.29. The van der Waals surface area contributed by atoms with Gasteiger partial charge < -0.3 is 20.1 Å². The number of ether oxygens (including phenoxy) is 1. The van der Waals surface area contributed by atoms with E-state index in [-0.39, 0.29) is 12.3 Å². The molecular formula is C12H13N3O4S. The van der Waals surface area contributed by atoms with Gasteiger partial charge in [0.15, 0.2) is 5.16 Å². The second-order valence-corrected chi connectivity index (χ2v) is 4.90. The third-order valence-corrected chi connectivity index (χ3v) is 3.53. The number of imidazole rings is 1. The van der Waals surface area contributed by atoms with Gasteiger partial charge in [-0.25, -0.2) is 4.98 Å². The minimum absolute atomic E-state index is 0.0639. The molecule has 0 bridgehead atoms. The molecule has 2 aromatic rings. The Morgan fingerprint density at radius 2 is 2.25 bits per heavy atom. The SMILES string of the molecule is COc1cccc2c1nc(SCC(=O)O)n2CC(N)=O. The fourth-order valence-corrected chi connectivity index (χ4v) is 2.54. The molecule has 3 N–H and O–H groups in total. The lowest BCUT2D eigenvalue weighted by Crippen LogP contribution is -2.19. The molecule has 7 nitrogen and oxygen atoms in total. The molecule has 0 fully saturated rings. The number of rotatable bonds is 6. The predicted molar refractivity (Wildman–Crippen MR) is 73.8 cm³/mol. The number of nitrogens with zero attached hydrogens (tertiary/aromatic N) is 2. The average molecular weight is 295 g/mol. The van der Waals surface area contributed by atoms with Crippen molar-refractivity contribution >= 4 is 34.7 Å². The summed E-state index contributed by atoms with van der Waals surface area (Å²) in [5.74, 6) is -1.07. The number of aliphatic carboxylic acids is 1. The van der Waals surface area contributed by atoms with Crippen molar-refractivity contribution in [2.45, 2.75) is 11.7 Å². The first-order chi connectivity index (χ1) is 9.52. The van der Waals surface area contributed by atoms with Crippen molar-refractivity contribution in [3.8, 4) is 5.75 Å². The number of para-hydroxylation sites is 1. The van der Waals surface area contributed by atoms with Crippen LogP contribution in [0.5, 0.6) is 5.75 Å². The van der Waals surface area contributed by atoms with Gasteiger partial charge in [-0.1, -0.05) is 17.8 Å². The monoisotopic (exact) mass is 295 g/mol. The Morgan fingerprint density at radius 3 is 2.85 bits per heavy atom. The molecule has 0 spiro atoms. The number of primary amides is 1. The second kappa shape index (κ2) is 5.83. The van der Waals surface area contributed by atoms with Gasteiger partial charge >= 0.3 is 5.97 Å². The molecule has 1 heterocycles. The van der Waals surface area contributed by atoms with E-state index in [1.807, 2.05) is 0 Å². The summed E-state index contributed by atoms with van der Waals surface area (Å²) in [6.07, 6.45) is 0. The number of amides is 1. The van der Waals surface area contributed by atoms with Crippen LogP contribution in [0.25, 0.3) is 11.0 Å². The van der Waals surface area contributed by atoms with Crippen molar-refractivity contribution in [1.82, 2.24) is 9.55 Å². The molecule has 0 atom stereocenters. The Morgan fingerprint density at radius 1 is 1.50 bits per heavy atom. The predicted octanol–water partition coefficient (Wildman–Crippen LogP) is 0.707. The fraction of sp³-hybridized carbons (Fsp3) is 0.250. The van der Waals surface area contributed by atoms with Gasteiger partial charge in [0, 0.05) is 0 Å². The first kappa shape index (κ1) is 14.2. The lowest BCUT2D eigenvalue weighted by Gasteiger charge is -2.05. The van der Waals surface area contributed by atoms with E-state index in [9.17, 15) is 9.59 Å². The van der Waals surface area contributed by atoms with Gasteiger partial charge in [0.05, 0.1) is 18.4 Å². The summed E-state index contributed by atoms with van der Waals surface area (Å²) in [5.41, 5.74) is 6.48. The molecule has 0 saturated heterocycles. The number of carbonyl (C=O) groups excluding carboxylic acids is 1. The Hall–Kier alpha value is -2.22. The zero-order chi connectivity index (χ0) is 14.7. The van der Waals surface area contributed by atoms with Gasteiger partial charge in [0.2, 0.25) is 5.91 Å². The maximum Gasteiger partial charge on any atom is 0.313 e. The van der Waals surface area contributed by atoms with Crippen LogP contribution in [0.15, 0.2) is 23.4 Å². The van der Waals surface area contributed by atoms with E-state index in [0.717, 1.165) is 11.8 Å². The zero-order valence-corrected chi connectivity index (χ0v) is 11.5. The number of nitrogens with two attached hydrogens (primary N) is 1. The molecule has 1 aromatic carbocycles. The highest BCUT2D eigenvalue weighted by atomic mass is 32.2. The summed E-state index contributed by atoms with van der Waals surface area (Å²) in [5, 5.41) is 9.17. The highest BCUT2D eigenvalue weighted by Gasteiger charge is 2.16. The van der Waals surface area contributed by atoms with Crippen molar-refractivity contribution in [2.24, 2.45) is 5.73 Å². The quantitative estimate of drug-likeness (QED) is 0.760. The fourth-order valence-electron chi connectivity index (χ4n) is 1.81. The topological polar surface area (TPSA) is 107 Å². The first-order valence-electron chi connectivity index (χ1n) is 5.69. The van der Waals surface area contributed by atoms with Gasteiger partial charge in [-0.2, -0.15) is 0 Å². The number of benzene rings is 1. The number of carbonyl (C=O) groups is 2. The average Bonchev–Trinajstić information content (AvgIpc) is 2.74. The molecular weight excluding hydrogens is 282 g/mol. The summed E-state index contributed by atoms with van der Waals surface area (Å²) in [7, 11) is 1.52. The molecule has 0 radical (unpaired) electrons. The lowest BCUT2D eigenvalue weighted by atomic mass is 10.3. The normalized spacial score (nSPS) is 10.7. The Balaban J connectivity index is 2.53. The molecule has 1 amide bonds. The standard InChI is InChI=1S/C12H13N3O4S/c1-19-8-4-2-3-7-11(8)14-12(20-6-10(17)18)15(7)5-9(13)16/h2-4H,5-6H2,1H3,(H2,13,16)(H,17,18). The van der Waals surface area contributed by atoms with Crippen LogP contribution in [0, 0.1) is 0 Å². The maximum atomic E-state index is 11.2. The molecule has 0 aliphatic heterocycles. The summed E-state index contributed by atoms with van der Waals surface area (Å²) >= 11 is 1.03. The number of carboxylic acids is 1. The summed E-state index contributed by atoms with van der Waals surface area (Å²) in [4.78, 5) is 26.2. The van der Waals surface area contributed by atoms with E-state index in [1.54, 1.807) is 22.8 Å². The van der Waals surface area contributed by atoms with E-state index >= 15 is 0 Å². The summed E-state index contributed by atoms with van der Waals surface area (Å²) in [6.45, 7) is -0.0639. The number of thioether (sulfide) groups is 1. The number of hydrogen-bond donors (Lipinski definition) is 2. The molecule has 0 unspecified atom stereocenters. The molecule has 2 rings (SSSR count). The number of carboxylic acid groups (broad SMARTS) is 1. The van der Waals surface area contributed by atoms with Gasteiger partial charge in [0.25, 0.3) is 0 Å². The molecule has 0 aliphatic carbocycles. The van der Waals surface area contributed by atoms with Gasteiger partial charge in [-0.05, 0) is 12.1 Å². The van der Waals surface area contributed by atoms with Crippen LogP contribution in [0.1, 0.15) is 0 Å². The van der Waals surface area contributed by atoms with Crippen LogP contribution in [-0.2, 0) is 16.1 Å². The molecule has 106 valence electrons. The maximum absolute atomic E-state index is 11.2. The van der Waals surface area contributed by atoms with Crippen molar-refractivity contribution in [3.05, 3.63) is 18.2 Å². The van der Waals surface area contributed by atoms with Crippen molar-refractivity contribution in [3.63, 3.8) is 0 Å². The van der Waals surface area contributed by atoms with Crippen LogP contribution in [0.3, 0.4) is 0 Å². The Labute approximate surface area is 118 Å². The summed E-state index contributed by atoms with van der Waals surface area (Å²) in [6, 6.07) is 5.29. The van der Waals surface area contributed by atoms with E-state index in [4.69, 9.17) is 15.6 Å². The van der Waals surface area contributed by atoms with Gasteiger partial charge in [-0.3, -0.25) is 9.59 Å². The Bertz CT molecular complexity index is 668. The number of methoxy groups -OCH3 is 1. The smallest absolute Gasteiger partial charge is 0.313 e. The van der Waals surface area contributed by atoms with Crippen LogP contribution < -0.4 is 10.5 Å². The molecule has 0 saturated carbocycles. The Kier molecular flexibility index (Phi) is 4.14. The number of hydrogen-bond acceptors (Lipinski definition) is 5. The number of aromatic nitrogens is 2. The van der Waals surface area contributed by atoms with Crippen LogP contribution in [-0.4, -0.2) is 39.4 Å². The third-order valence-electron chi connectivity index (χ3n) is 2.57. The minimum atomic E-state index is -0.959. The first-order valence-corrected chi connectivity index (χ1v) is 6.67. The van der Waals surface area contributed by atoms with Gasteiger partial charge in [0.1, 0.15) is 17.8 Å². The van der Waals surface area contributed by atoms with Crippen LogP contribution >= 0.6 is 11.8 Å². The molecule has 8 heteroatoms. The van der Waals surface area contributed by atoms with Gasteiger partial charge in [-0.15, -0.1) is 0 Å². The van der Waals surface area contributed by atoms with E-state index in [1.165, 1.54) is 7.11 Å².